The van der Waals surface area contributed by atoms with E-state index in [4.69, 9.17) is 15.1 Å². The smallest absolute Gasteiger partial charge is 0.327 e. The second-order valence-corrected chi connectivity index (χ2v) is 5.32. The lowest BCUT2D eigenvalue weighted by molar-refractivity contribution is -0.147. The van der Waals surface area contributed by atoms with Crippen LogP contribution in [0, 0.1) is 17.2 Å². The Kier molecular flexibility index (Phi) is 5.32. The molecule has 0 saturated carbocycles. The van der Waals surface area contributed by atoms with Gasteiger partial charge in [-0.05, 0) is 43.0 Å². The number of rotatable bonds is 5. The van der Waals surface area contributed by atoms with Gasteiger partial charge in [-0.25, -0.2) is 4.79 Å². The van der Waals surface area contributed by atoms with Crippen LogP contribution in [0.2, 0.25) is 0 Å². The largest absolute Gasteiger partial charge is 0.468 e. The van der Waals surface area contributed by atoms with E-state index in [9.17, 15) is 4.79 Å². The van der Waals surface area contributed by atoms with Crippen LogP contribution in [0.3, 0.4) is 0 Å². The van der Waals surface area contributed by atoms with Crippen LogP contribution < -0.4 is 0 Å². The Bertz CT molecular complexity index is 539. The molecule has 1 N–H and O–H groups in total. The number of nitrogens with zero attached hydrogens (tertiary/aromatic N) is 2. The van der Waals surface area contributed by atoms with Crippen molar-refractivity contribution in [2.75, 3.05) is 26.8 Å². The number of aliphatic hydroxyl groups is 1. The van der Waals surface area contributed by atoms with Crippen LogP contribution >= 0.6 is 0 Å². The molecule has 0 aliphatic carbocycles. The molecule has 5 heteroatoms. The van der Waals surface area contributed by atoms with Gasteiger partial charge in [0.25, 0.3) is 0 Å². The number of benzene rings is 1. The van der Waals surface area contributed by atoms with Crippen LogP contribution in [0.5, 0.6) is 0 Å². The second-order valence-electron chi connectivity index (χ2n) is 5.32. The molecule has 1 aliphatic rings. The third kappa shape index (κ3) is 3.60. The first-order valence-electron chi connectivity index (χ1n) is 7.12. The van der Waals surface area contributed by atoms with Crippen molar-refractivity contribution >= 4 is 5.97 Å². The summed E-state index contributed by atoms with van der Waals surface area (Å²) in [6.45, 7) is 1.73. The molecule has 5 nitrogen and oxygen atoms in total. The molecule has 1 aromatic rings. The zero-order valence-corrected chi connectivity index (χ0v) is 12.2. The summed E-state index contributed by atoms with van der Waals surface area (Å²) in [4.78, 5) is 14.2. The summed E-state index contributed by atoms with van der Waals surface area (Å²) < 4.78 is 4.94. The number of methoxy groups -OCH3 is 1. The summed E-state index contributed by atoms with van der Waals surface area (Å²) in [5.41, 5.74) is 1.32. The number of ether oxygens (including phenoxy) is 1. The van der Waals surface area contributed by atoms with E-state index in [1.54, 1.807) is 18.2 Å². The minimum Gasteiger partial charge on any atom is -0.468 e. The molecule has 1 heterocycles. The van der Waals surface area contributed by atoms with Gasteiger partial charge in [0.2, 0.25) is 0 Å². The number of aliphatic hydroxyl groups excluding tert-OH is 1. The van der Waals surface area contributed by atoms with Crippen molar-refractivity contribution in [2.24, 2.45) is 5.92 Å². The third-order valence-electron chi connectivity index (χ3n) is 3.98. The van der Waals surface area contributed by atoms with E-state index < -0.39 is 6.04 Å². The summed E-state index contributed by atoms with van der Waals surface area (Å²) in [6, 6.07) is 8.70. The lowest BCUT2D eigenvalue weighted by atomic mass is 10.0. The predicted octanol–water partition coefficient (Wildman–Crippen LogP) is 1.48. The number of carbonyl (C=O) groups excluding carboxylic acids is 1. The van der Waals surface area contributed by atoms with Gasteiger partial charge in [-0.1, -0.05) is 12.1 Å². The molecule has 0 radical (unpaired) electrons. The van der Waals surface area contributed by atoms with Crippen molar-refractivity contribution in [2.45, 2.75) is 18.9 Å². The monoisotopic (exact) mass is 288 g/mol. The van der Waals surface area contributed by atoms with Crippen molar-refractivity contribution < 1.29 is 14.6 Å². The molecule has 0 bridgehead atoms. The van der Waals surface area contributed by atoms with Gasteiger partial charge in [0.15, 0.2) is 0 Å². The summed E-state index contributed by atoms with van der Waals surface area (Å²) >= 11 is 0. The quantitative estimate of drug-likeness (QED) is 0.831. The molecule has 1 aliphatic heterocycles. The minimum atomic E-state index is -0.480. The number of likely N-dealkylation sites (tertiary alicyclic amines) is 1. The van der Waals surface area contributed by atoms with Crippen molar-refractivity contribution in [3.05, 3.63) is 35.4 Å². The highest BCUT2D eigenvalue weighted by Gasteiger charge is 2.34. The first kappa shape index (κ1) is 15.5. The summed E-state index contributed by atoms with van der Waals surface area (Å²) in [7, 11) is 1.38. The molecular formula is C16H20N2O3. The van der Waals surface area contributed by atoms with Crippen molar-refractivity contribution in [3.8, 4) is 6.07 Å². The number of carbonyl (C=O) groups is 1. The Morgan fingerprint density at radius 3 is 3.10 bits per heavy atom. The third-order valence-corrected chi connectivity index (χ3v) is 3.98. The number of nitriles is 1. The van der Waals surface area contributed by atoms with Gasteiger partial charge in [-0.3, -0.25) is 4.90 Å². The average molecular weight is 288 g/mol. The van der Waals surface area contributed by atoms with Crippen LogP contribution in [0.1, 0.15) is 30.0 Å². The average Bonchev–Trinajstić information content (AvgIpc) is 2.96. The second kappa shape index (κ2) is 7.21. The maximum atomic E-state index is 12.2. The summed E-state index contributed by atoms with van der Waals surface area (Å²) in [5.74, 6) is 0.0936. The lowest BCUT2D eigenvalue weighted by Gasteiger charge is -2.26. The first-order chi connectivity index (χ1) is 10.2. The minimum absolute atomic E-state index is 0.172. The molecule has 0 unspecified atom stereocenters. The lowest BCUT2D eigenvalue weighted by Crippen LogP contribution is -2.33. The van der Waals surface area contributed by atoms with E-state index in [1.807, 2.05) is 6.07 Å². The highest BCUT2D eigenvalue weighted by Crippen LogP contribution is 2.30. The molecule has 1 saturated heterocycles. The molecule has 0 amide bonds. The highest BCUT2D eigenvalue weighted by atomic mass is 16.5. The normalized spacial score (nSPS) is 20.0. The van der Waals surface area contributed by atoms with E-state index in [0.717, 1.165) is 31.5 Å². The molecular weight excluding hydrogens is 268 g/mol. The summed E-state index contributed by atoms with van der Waals surface area (Å²) in [6.07, 6.45) is 1.72. The Morgan fingerprint density at radius 2 is 2.43 bits per heavy atom. The molecule has 21 heavy (non-hydrogen) atoms. The van der Waals surface area contributed by atoms with Crippen LogP contribution in [0.15, 0.2) is 24.3 Å². The zero-order chi connectivity index (χ0) is 15.2. The summed E-state index contributed by atoms with van der Waals surface area (Å²) in [5, 5.41) is 18.1. The molecule has 0 spiro atoms. The van der Waals surface area contributed by atoms with Crippen molar-refractivity contribution in [1.29, 1.82) is 5.26 Å². The van der Waals surface area contributed by atoms with Gasteiger partial charge in [0, 0.05) is 13.2 Å². The van der Waals surface area contributed by atoms with Gasteiger partial charge < -0.3 is 9.84 Å². The fraction of sp³-hybridized carbons (Fsp3) is 0.500. The fourth-order valence-corrected chi connectivity index (χ4v) is 2.90. The topological polar surface area (TPSA) is 73.6 Å². The van der Waals surface area contributed by atoms with Gasteiger partial charge in [-0.2, -0.15) is 5.26 Å². The number of hydrogen-bond donors (Lipinski definition) is 1. The number of esters is 1. The standard InChI is InChI=1S/C16H20N2O3/c1-21-16(20)15(14-4-2-3-13(9-14)10-17)18-7-5-12(11-18)6-8-19/h2-4,9,12,15,19H,5-8,11H2,1H3/t12-,15-/m1/s1. The van der Waals surface area contributed by atoms with Gasteiger partial charge in [0.1, 0.15) is 6.04 Å². The van der Waals surface area contributed by atoms with E-state index in [-0.39, 0.29) is 12.6 Å². The highest BCUT2D eigenvalue weighted by molar-refractivity contribution is 5.77. The molecule has 2 rings (SSSR count). The Balaban J connectivity index is 2.23. The van der Waals surface area contributed by atoms with E-state index in [1.165, 1.54) is 7.11 Å². The molecule has 1 aromatic carbocycles. The van der Waals surface area contributed by atoms with Crippen molar-refractivity contribution in [3.63, 3.8) is 0 Å². The van der Waals surface area contributed by atoms with Crippen LogP contribution in [0.4, 0.5) is 0 Å². The predicted molar refractivity (Wildman–Crippen MR) is 77.3 cm³/mol. The molecule has 112 valence electrons. The van der Waals surface area contributed by atoms with Crippen molar-refractivity contribution in [1.82, 2.24) is 4.90 Å². The fourth-order valence-electron chi connectivity index (χ4n) is 2.90. The van der Waals surface area contributed by atoms with Crippen LogP contribution in [-0.2, 0) is 9.53 Å². The first-order valence-corrected chi connectivity index (χ1v) is 7.12. The Hall–Kier alpha value is -1.90. The van der Waals surface area contributed by atoms with E-state index in [0.29, 0.717) is 11.5 Å². The Morgan fingerprint density at radius 1 is 1.62 bits per heavy atom. The maximum absolute atomic E-state index is 12.2. The van der Waals surface area contributed by atoms with Gasteiger partial charge >= 0.3 is 5.97 Å². The zero-order valence-electron chi connectivity index (χ0n) is 12.2. The van der Waals surface area contributed by atoms with Crippen LogP contribution in [-0.4, -0.2) is 42.8 Å². The van der Waals surface area contributed by atoms with E-state index in [2.05, 4.69) is 11.0 Å². The molecule has 0 aromatic heterocycles. The Labute approximate surface area is 124 Å². The number of hydrogen-bond acceptors (Lipinski definition) is 5. The maximum Gasteiger partial charge on any atom is 0.327 e. The molecule has 1 fully saturated rings. The van der Waals surface area contributed by atoms with E-state index >= 15 is 0 Å². The van der Waals surface area contributed by atoms with Gasteiger partial charge in [-0.15, -0.1) is 0 Å². The van der Waals surface area contributed by atoms with Crippen LogP contribution in [0.25, 0.3) is 0 Å². The molecule has 2 atom stereocenters. The van der Waals surface area contributed by atoms with Gasteiger partial charge in [0.05, 0.1) is 18.7 Å². The SMILES string of the molecule is COC(=O)[C@@H](c1cccc(C#N)c1)N1CC[C@H](CCO)C1.